The fourth-order valence-corrected chi connectivity index (χ4v) is 4.35. The Kier molecular flexibility index (Phi) is 30.2. The Labute approximate surface area is 269 Å². The van der Waals surface area contributed by atoms with E-state index in [1.54, 1.807) is 0 Å². The van der Waals surface area contributed by atoms with Crippen LogP contribution in [0.4, 0.5) is 0 Å². The molecule has 6 heteroatoms. The van der Waals surface area contributed by atoms with E-state index in [1.165, 1.54) is 44.9 Å². The second-order valence-electron chi connectivity index (χ2n) is 11.7. The van der Waals surface area contributed by atoms with Gasteiger partial charge < -0.3 is 19.7 Å². The Morgan fingerprint density at radius 3 is 1.84 bits per heavy atom. The van der Waals surface area contributed by atoms with Crippen molar-refractivity contribution in [3.8, 4) is 0 Å². The molecule has 0 aliphatic heterocycles. The van der Waals surface area contributed by atoms with Gasteiger partial charge in [-0.3, -0.25) is 9.59 Å². The Morgan fingerprint density at radius 2 is 1.20 bits per heavy atom. The van der Waals surface area contributed by atoms with Crippen molar-refractivity contribution in [2.75, 3.05) is 13.2 Å². The zero-order valence-corrected chi connectivity index (χ0v) is 28.2. The van der Waals surface area contributed by atoms with Crippen molar-refractivity contribution in [2.45, 2.75) is 149 Å². The molecule has 0 heterocycles. The first-order valence-electron chi connectivity index (χ1n) is 17.3. The Bertz CT molecular complexity index is 825. The fourth-order valence-electron chi connectivity index (χ4n) is 4.35. The van der Waals surface area contributed by atoms with Gasteiger partial charge in [0.1, 0.15) is 19.3 Å². The standard InChI is InChI=1S/C38H64O6/c1-4-6-28-35(39)29-24-20-16-11-9-7-8-10-12-17-21-25-30-37(41)43-32-36(40)33-44-38(42)31-26-22-18-14-13-15-19-23-27-34(3)5-2/h6-8,11-12,16-17,20,24,28,34-36,39-40H,4-5,9-10,13-15,18-19,21-23,25-27,29-33H2,1-3H3/b8-7-,16-11-,17-12-,24-20+,28-6-/t34?,35?,36-/m1/s1. The normalized spacial score (nSPS) is 14.4. The molecule has 0 aliphatic carbocycles. The van der Waals surface area contributed by atoms with Crippen molar-refractivity contribution in [2.24, 2.45) is 5.92 Å². The average molecular weight is 617 g/mol. The molecule has 0 aromatic carbocycles. The van der Waals surface area contributed by atoms with Crippen molar-refractivity contribution >= 4 is 11.9 Å². The molecule has 0 aliphatic rings. The predicted molar refractivity (Wildman–Crippen MR) is 183 cm³/mol. The second kappa shape index (κ2) is 32.0. The summed E-state index contributed by atoms with van der Waals surface area (Å²) >= 11 is 0. The third kappa shape index (κ3) is 31.0. The minimum absolute atomic E-state index is 0.146. The van der Waals surface area contributed by atoms with Gasteiger partial charge in [-0.2, -0.15) is 0 Å². The van der Waals surface area contributed by atoms with Crippen LogP contribution >= 0.6 is 0 Å². The summed E-state index contributed by atoms with van der Waals surface area (Å²) in [6, 6.07) is 0. The van der Waals surface area contributed by atoms with Crippen LogP contribution in [-0.2, 0) is 19.1 Å². The topological polar surface area (TPSA) is 93.1 Å². The van der Waals surface area contributed by atoms with E-state index in [4.69, 9.17) is 9.47 Å². The molecule has 2 unspecified atom stereocenters. The number of carbonyl (C=O) groups is 2. The van der Waals surface area contributed by atoms with Gasteiger partial charge in [0.2, 0.25) is 0 Å². The summed E-state index contributed by atoms with van der Waals surface area (Å²) in [6.07, 6.45) is 36.1. The van der Waals surface area contributed by atoms with Crippen LogP contribution in [0.25, 0.3) is 0 Å². The molecule has 3 atom stereocenters. The van der Waals surface area contributed by atoms with Gasteiger partial charge in [0.25, 0.3) is 0 Å². The number of hydrogen-bond acceptors (Lipinski definition) is 6. The molecule has 0 aromatic heterocycles. The summed E-state index contributed by atoms with van der Waals surface area (Å²) in [5.41, 5.74) is 0. The van der Waals surface area contributed by atoms with E-state index in [9.17, 15) is 19.8 Å². The van der Waals surface area contributed by atoms with Crippen LogP contribution in [0.3, 0.4) is 0 Å². The third-order valence-corrected chi connectivity index (χ3v) is 7.38. The Balaban J connectivity index is 3.64. The van der Waals surface area contributed by atoms with Gasteiger partial charge in [-0.1, -0.05) is 139 Å². The molecular formula is C38H64O6. The van der Waals surface area contributed by atoms with E-state index in [1.807, 2.05) is 37.3 Å². The van der Waals surface area contributed by atoms with Gasteiger partial charge in [0.05, 0.1) is 6.10 Å². The number of aliphatic hydroxyl groups is 2. The van der Waals surface area contributed by atoms with Crippen molar-refractivity contribution in [3.05, 3.63) is 60.8 Å². The lowest BCUT2D eigenvalue weighted by atomic mass is 9.99. The molecule has 0 rings (SSSR count). The SMILES string of the molecule is CC/C=C\C(O)C/C=C/C=C\C/C=C\C/C=C\CCCC(=O)OC[C@@H](O)COC(=O)CCCCCCCCCCC(C)CC. The number of ether oxygens (including phenoxy) is 2. The number of hydrogen-bond donors (Lipinski definition) is 2. The number of esters is 2. The predicted octanol–water partition coefficient (Wildman–Crippen LogP) is 9.27. The zero-order valence-electron chi connectivity index (χ0n) is 28.2. The van der Waals surface area contributed by atoms with E-state index in [-0.39, 0.29) is 31.6 Å². The van der Waals surface area contributed by atoms with Gasteiger partial charge in [-0.05, 0) is 50.9 Å². The van der Waals surface area contributed by atoms with Crippen LogP contribution in [0.5, 0.6) is 0 Å². The highest BCUT2D eigenvalue weighted by atomic mass is 16.6. The lowest BCUT2D eigenvalue weighted by Gasteiger charge is -2.12. The van der Waals surface area contributed by atoms with Crippen LogP contribution in [0.1, 0.15) is 136 Å². The summed E-state index contributed by atoms with van der Waals surface area (Å²) in [6.45, 7) is 6.33. The molecule has 0 bridgehead atoms. The minimum Gasteiger partial charge on any atom is -0.463 e. The summed E-state index contributed by atoms with van der Waals surface area (Å²) in [4.78, 5) is 23.8. The lowest BCUT2D eigenvalue weighted by molar-refractivity contribution is -0.152. The number of carbonyl (C=O) groups excluding carboxylic acids is 2. The van der Waals surface area contributed by atoms with E-state index in [0.29, 0.717) is 19.3 Å². The molecule has 252 valence electrons. The molecule has 0 spiro atoms. The number of rotatable bonds is 29. The minimum atomic E-state index is -0.998. The van der Waals surface area contributed by atoms with Gasteiger partial charge in [0, 0.05) is 12.8 Å². The number of unbranched alkanes of at least 4 members (excludes halogenated alkanes) is 8. The molecule has 0 saturated heterocycles. The number of allylic oxidation sites excluding steroid dienone is 8. The van der Waals surface area contributed by atoms with Crippen LogP contribution < -0.4 is 0 Å². The zero-order chi connectivity index (χ0) is 32.5. The molecular weight excluding hydrogens is 552 g/mol. The van der Waals surface area contributed by atoms with E-state index in [0.717, 1.165) is 50.9 Å². The van der Waals surface area contributed by atoms with E-state index >= 15 is 0 Å². The molecule has 0 amide bonds. The average Bonchev–Trinajstić information content (AvgIpc) is 3.02. The van der Waals surface area contributed by atoms with Crippen LogP contribution in [0.15, 0.2) is 60.8 Å². The van der Waals surface area contributed by atoms with Crippen molar-refractivity contribution in [1.82, 2.24) is 0 Å². The molecule has 0 aromatic rings. The maximum atomic E-state index is 11.9. The third-order valence-electron chi connectivity index (χ3n) is 7.38. The quantitative estimate of drug-likeness (QED) is 0.0377. The summed E-state index contributed by atoms with van der Waals surface area (Å²) in [7, 11) is 0. The Hall–Kier alpha value is -2.44. The van der Waals surface area contributed by atoms with E-state index in [2.05, 4.69) is 44.2 Å². The molecule has 2 N–H and O–H groups in total. The van der Waals surface area contributed by atoms with E-state index < -0.39 is 12.2 Å². The number of aliphatic hydroxyl groups excluding tert-OH is 2. The first kappa shape index (κ1) is 41.6. The van der Waals surface area contributed by atoms with Crippen LogP contribution in [-0.4, -0.2) is 47.6 Å². The molecule has 0 fully saturated rings. The fraction of sp³-hybridized carbons (Fsp3) is 0.684. The monoisotopic (exact) mass is 616 g/mol. The second-order valence-corrected chi connectivity index (χ2v) is 11.7. The smallest absolute Gasteiger partial charge is 0.305 e. The molecule has 44 heavy (non-hydrogen) atoms. The highest BCUT2D eigenvalue weighted by Gasteiger charge is 2.12. The first-order valence-corrected chi connectivity index (χ1v) is 17.3. The van der Waals surface area contributed by atoms with Gasteiger partial charge in [0.15, 0.2) is 0 Å². The Morgan fingerprint density at radius 1 is 0.659 bits per heavy atom. The van der Waals surface area contributed by atoms with Gasteiger partial charge >= 0.3 is 11.9 Å². The largest absolute Gasteiger partial charge is 0.463 e. The highest BCUT2D eigenvalue weighted by Crippen LogP contribution is 2.15. The van der Waals surface area contributed by atoms with Crippen LogP contribution in [0, 0.1) is 5.92 Å². The summed E-state index contributed by atoms with van der Waals surface area (Å²) in [5.74, 6) is 0.188. The maximum absolute atomic E-state index is 11.9. The first-order chi connectivity index (χ1) is 21.4. The van der Waals surface area contributed by atoms with Gasteiger partial charge in [-0.25, -0.2) is 0 Å². The summed E-state index contributed by atoms with van der Waals surface area (Å²) < 4.78 is 10.2. The lowest BCUT2D eigenvalue weighted by Crippen LogP contribution is -2.25. The highest BCUT2D eigenvalue weighted by molar-refractivity contribution is 5.69. The summed E-state index contributed by atoms with van der Waals surface area (Å²) in [5, 5.41) is 19.7. The molecule has 6 nitrogen and oxygen atoms in total. The molecule has 0 radical (unpaired) electrons. The van der Waals surface area contributed by atoms with Crippen molar-refractivity contribution < 1.29 is 29.3 Å². The van der Waals surface area contributed by atoms with Crippen molar-refractivity contribution in [3.63, 3.8) is 0 Å². The van der Waals surface area contributed by atoms with Crippen molar-refractivity contribution in [1.29, 1.82) is 0 Å². The van der Waals surface area contributed by atoms with Crippen LogP contribution in [0.2, 0.25) is 0 Å². The maximum Gasteiger partial charge on any atom is 0.305 e. The molecule has 0 saturated carbocycles. The van der Waals surface area contributed by atoms with Gasteiger partial charge in [-0.15, -0.1) is 0 Å².